The summed E-state index contributed by atoms with van der Waals surface area (Å²) in [5, 5.41) is 5.60. The summed E-state index contributed by atoms with van der Waals surface area (Å²) in [5.41, 5.74) is 0.492. The molecule has 1 aromatic carbocycles. The largest absolute Gasteiger partial charge is 0.352 e. The maximum atomic E-state index is 12.7. The Morgan fingerprint density at radius 3 is 2.26 bits per heavy atom. The maximum absolute atomic E-state index is 12.7. The Labute approximate surface area is 159 Å². The van der Waals surface area contributed by atoms with Crippen molar-refractivity contribution < 1.29 is 9.59 Å². The molecule has 0 unspecified atom stereocenters. The summed E-state index contributed by atoms with van der Waals surface area (Å²) < 4.78 is 1.42. The van der Waals surface area contributed by atoms with Crippen molar-refractivity contribution in [2.75, 3.05) is 11.9 Å². The van der Waals surface area contributed by atoms with Crippen molar-refractivity contribution in [3.05, 3.63) is 58.5 Å². The minimum atomic E-state index is -0.493. The first-order chi connectivity index (χ1) is 12.6. The average molecular weight is 369 g/mol. The molecular formula is C21H27N3O3. The summed E-state index contributed by atoms with van der Waals surface area (Å²) >= 11 is 0. The lowest BCUT2D eigenvalue weighted by atomic mass is 9.95. The Kier molecular flexibility index (Phi) is 6.20. The molecule has 0 saturated carbocycles. The molecule has 0 aliphatic carbocycles. The Morgan fingerprint density at radius 1 is 1.07 bits per heavy atom. The van der Waals surface area contributed by atoms with Crippen molar-refractivity contribution in [2.24, 2.45) is 11.3 Å². The summed E-state index contributed by atoms with van der Waals surface area (Å²) in [5.74, 6) is -0.163. The Bertz CT molecular complexity index is 875. The molecule has 0 radical (unpaired) electrons. The van der Waals surface area contributed by atoms with Crippen molar-refractivity contribution in [2.45, 2.75) is 34.6 Å². The van der Waals surface area contributed by atoms with E-state index in [1.807, 2.05) is 34.6 Å². The molecule has 0 saturated heterocycles. The number of nitrogens with one attached hydrogen (secondary N) is 2. The van der Waals surface area contributed by atoms with Crippen molar-refractivity contribution >= 4 is 17.5 Å². The number of carbonyl (C=O) groups excluding carboxylic acids is 2. The highest BCUT2D eigenvalue weighted by atomic mass is 16.2. The molecule has 1 heterocycles. The predicted octanol–water partition coefficient (Wildman–Crippen LogP) is 3.21. The standard InChI is InChI=1S/C21H27N3O3/c1-14(2)13-22-18(25)17-7-6-12-24(19(17)26)16-10-8-15(9-11-16)23-20(27)21(3,4)5/h6-12,14H,13H2,1-5H3,(H,22,25)(H,23,27). The van der Waals surface area contributed by atoms with Gasteiger partial charge in [0.05, 0.1) is 0 Å². The van der Waals surface area contributed by atoms with Gasteiger partial charge in [0, 0.05) is 29.5 Å². The lowest BCUT2D eigenvalue weighted by Gasteiger charge is -2.18. The molecule has 2 N–H and O–H groups in total. The van der Waals surface area contributed by atoms with Crippen LogP contribution in [0, 0.1) is 11.3 Å². The van der Waals surface area contributed by atoms with Crippen molar-refractivity contribution in [1.82, 2.24) is 9.88 Å². The summed E-state index contributed by atoms with van der Waals surface area (Å²) in [4.78, 5) is 37.0. The van der Waals surface area contributed by atoms with Gasteiger partial charge in [0.25, 0.3) is 11.5 Å². The lowest BCUT2D eigenvalue weighted by Crippen LogP contribution is -2.34. The molecular weight excluding hydrogens is 342 g/mol. The molecule has 1 aromatic heterocycles. The van der Waals surface area contributed by atoms with Gasteiger partial charge in [0.1, 0.15) is 5.56 Å². The molecule has 27 heavy (non-hydrogen) atoms. The van der Waals surface area contributed by atoms with Gasteiger partial charge in [-0.2, -0.15) is 0 Å². The van der Waals surface area contributed by atoms with Gasteiger partial charge in [-0.05, 0) is 42.3 Å². The SMILES string of the molecule is CC(C)CNC(=O)c1cccn(-c2ccc(NC(=O)C(C)(C)C)cc2)c1=O. The normalized spacial score (nSPS) is 11.3. The number of aromatic nitrogens is 1. The monoisotopic (exact) mass is 369 g/mol. The third-order valence-electron chi connectivity index (χ3n) is 3.95. The number of nitrogens with zero attached hydrogens (tertiary/aromatic N) is 1. The van der Waals surface area contributed by atoms with E-state index in [2.05, 4.69) is 10.6 Å². The van der Waals surface area contributed by atoms with Gasteiger partial charge in [-0.1, -0.05) is 34.6 Å². The van der Waals surface area contributed by atoms with Crippen molar-refractivity contribution in [3.8, 4) is 5.69 Å². The molecule has 6 nitrogen and oxygen atoms in total. The third kappa shape index (κ3) is 5.29. The molecule has 0 aliphatic rings. The van der Waals surface area contributed by atoms with E-state index in [0.717, 1.165) is 0 Å². The Balaban J connectivity index is 2.24. The second-order valence-electron chi connectivity index (χ2n) is 7.95. The fourth-order valence-corrected chi connectivity index (χ4v) is 2.29. The predicted molar refractivity (Wildman–Crippen MR) is 107 cm³/mol. The number of amides is 2. The second-order valence-corrected chi connectivity index (χ2v) is 7.95. The van der Waals surface area contributed by atoms with Gasteiger partial charge < -0.3 is 10.6 Å². The van der Waals surface area contributed by atoms with Crippen LogP contribution in [0.3, 0.4) is 0 Å². The highest BCUT2D eigenvalue weighted by Crippen LogP contribution is 2.18. The first-order valence-electron chi connectivity index (χ1n) is 9.01. The highest BCUT2D eigenvalue weighted by Gasteiger charge is 2.21. The first-order valence-corrected chi connectivity index (χ1v) is 9.01. The highest BCUT2D eigenvalue weighted by molar-refractivity contribution is 5.95. The summed E-state index contributed by atoms with van der Waals surface area (Å²) in [6, 6.07) is 10.1. The topological polar surface area (TPSA) is 80.2 Å². The number of hydrogen-bond acceptors (Lipinski definition) is 3. The van der Waals surface area contributed by atoms with Crippen LogP contribution in [0.4, 0.5) is 5.69 Å². The van der Waals surface area contributed by atoms with E-state index in [0.29, 0.717) is 23.8 Å². The van der Waals surface area contributed by atoms with Crippen LogP contribution in [0.2, 0.25) is 0 Å². The lowest BCUT2D eigenvalue weighted by molar-refractivity contribution is -0.123. The van der Waals surface area contributed by atoms with E-state index < -0.39 is 5.41 Å². The third-order valence-corrected chi connectivity index (χ3v) is 3.95. The van der Waals surface area contributed by atoms with Crippen molar-refractivity contribution in [1.29, 1.82) is 0 Å². The van der Waals surface area contributed by atoms with Crippen LogP contribution in [0.5, 0.6) is 0 Å². The van der Waals surface area contributed by atoms with Gasteiger partial charge in [-0.3, -0.25) is 19.0 Å². The molecule has 0 spiro atoms. The quantitative estimate of drug-likeness (QED) is 0.849. The maximum Gasteiger partial charge on any atom is 0.267 e. The summed E-state index contributed by atoms with van der Waals surface area (Å²) in [7, 11) is 0. The molecule has 2 amide bonds. The van der Waals surface area contributed by atoms with Crippen LogP contribution >= 0.6 is 0 Å². The van der Waals surface area contributed by atoms with Crippen LogP contribution in [0.1, 0.15) is 45.0 Å². The summed E-state index contributed by atoms with van der Waals surface area (Å²) in [6.07, 6.45) is 1.62. The van der Waals surface area contributed by atoms with Gasteiger partial charge in [-0.15, -0.1) is 0 Å². The molecule has 2 aromatic rings. The number of hydrogen-bond donors (Lipinski definition) is 2. The molecule has 0 fully saturated rings. The van der Waals surface area contributed by atoms with E-state index in [1.54, 1.807) is 36.5 Å². The van der Waals surface area contributed by atoms with E-state index >= 15 is 0 Å². The fraction of sp³-hybridized carbons (Fsp3) is 0.381. The zero-order valence-electron chi connectivity index (χ0n) is 16.5. The Hall–Kier alpha value is -2.89. The van der Waals surface area contributed by atoms with Crippen LogP contribution in [-0.4, -0.2) is 22.9 Å². The van der Waals surface area contributed by atoms with Gasteiger partial charge >= 0.3 is 0 Å². The van der Waals surface area contributed by atoms with E-state index in [9.17, 15) is 14.4 Å². The molecule has 2 rings (SSSR count). The minimum Gasteiger partial charge on any atom is -0.352 e. The second kappa shape index (κ2) is 8.20. The molecule has 144 valence electrons. The zero-order chi connectivity index (χ0) is 20.2. The fourth-order valence-electron chi connectivity index (χ4n) is 2.29. The Morgan fingerprint density at radius 2 is 1.70 bits per heavy atom. The number of rotatable bonds is 5. The number of pyridine rings is 1. The molecule has 0 atom stereocenters. The van der Waals surface area contributed by atoms with Crippen LogP contribution < -0.4 is 16.2 Å². The van der Waals surface area contributed by atoms with Crippen LogP contribution in [0.25, 0.3) is 5.69 Å². The van der Waals surface area contributed by atoms with E-state index in [1.165, 1.54) is 10.6 Å². The van der Waals surface area contributed by atoms with Gasteiger partial charge in [-0.25, -0.2) is 0 Å². The molecule has 0 aliphatic heterocycles. The zero-order valence-corrected chi connectivity index (χ0v) is 16.5. The number of anilines is 1. The average Bonchev–Trinajstić information content (AvgIpc) is 2.60. The van der Waals surface area contributed by atoms with Crippen LogP contribution in [-0.2, 0) is 4.79 Å². The smallest absolute Gasteiger partial charge is 0.267 e. The molecule has 0 bridgehead atoms. The first kappa shape index (κ1) is 20.4. The van der Waals surface area contributed by atoms with Gasteiger partial charge in [0.2, 0.25) is 5.91 Å². The number of carbonyl (C=O) groups is 2. The van der Waals surface area contributed by atoms with E-state index in [-0.39, 0.29) is 22.9 Å². The van der Waals surface area contributed by atoms with Gasteiger partial charge in [0.15, 0.2) is 0 Å². The van der Waals surface area contributed by atoms with Crippen molar-refractivity contribution in [3.63, 3.8) is 0 Å². The molecule has 6 heteroatoms. The van der Waals surface area contributed by atoms with Crippen LogP contribution in [0.15, 0.2) is 47.4 Å². The minimum absolute atomic E-state index is 0.0868. The van der Waals surface area contributed by atoms with E-state index in [4.69, 9.17) is 0 Å². The summed E-state index contributed by atoms with van der Waals surface area (Å²) in [6.45, 7) is 10.0. The number of benzene rings is 1.